The van der Waals surface area contributed by atoms with Crippen LogP contribution < -0.4 is 10.1 Å². The maximum absolute atomic E-state index is 9.62. The summed E-state index contributed by atoms with van der Waals surface area (Å²) in [6.45, 7) is 6.06. The molecule has 4 nitrogen and oxygen atoms in total. The van der Waals surface area contributed by atoms with Gasteiger partial charge in [0.25, 0.3) is 0 Å². The zero-order valence-electron chi connectivity index (χ0n) is 12.3. The summed E-state index contributed by atoms with van der Waals surface area (Å²) in [5.41, 5.74) is 1.05. The third-order valence-electron chi connectivity index (χ3n) is 3.39. The quantitative estimate of drug-likeness (QED) is 0.873. The molecule has 1 heterocycles. The van der Waals surface area contributed by atoms with Crippen molar-refractivity contribution in [1.29, 1.82) is 0 Å². The van der Waals surface area contributed by atoms with Crippen LogP contribution in [0.1, 0.15) is 43.0 Å². The second-order valence-corrected chi connectivity index (χ2v) is 4.99. The Morgan fingerprint density at radius 2 is 1.90 bits per heavy atom. The summed E-state index contributed by atoms with van der Waals surface area (Å²) in [5.74, 6) is 2.46. The Hall–Kier alpha value is -1.94. The van der Waals surface area contributed by atoms with Gasteiger partial charge in [-0.1, -0.05) is 6.07 Å². The Morgan fingerprint density at radius 1 is 1.15 bits per heavy atom. The highest BCUT2D eigenvalue weighted by atomic mass is 16.5. The first-order valence-corrected chi connectivity index (χ1v) is 6.70. The summed E-state index contributed by atoms with van der Waals surface area (Å²) in [6.07, 6.45) is 0. The van der Waals surface area contributed by atoms with Crippen molar-refractivity contribution in [2.45, 2.75) is 32.9 Å². The fourth-order valence-corrected chi connectivity index (χ4v) is 2.20. The molecule has 20 heavy (non-hydrogen) atoms. The Balaban J connectivity index is 2.09. The van der Waals surface area contributed by atoms with E-state index in [-0.39, 0.29) is 17.8 Å². The summed E-state index contributed by atoms with van der Waals surface area (Å²) in [7, 11) is 1.55. The summed E-state index contributed by atoms with van der Waals surface area (Å²) < 4.78 is 10.8. The van der Waals surface area contributed by atoms with Gasteiger partial charge in [0.05, 0.1) is 13.2 Å². The Bertz CT molecular complexity index is 577. The van der Waals surface area contributed by atoms with Crippen molar-refractivity contribution in [2.75, 3.05) is 7.11 Å². The molecule has 108 valence electrons. The van der Waals surface area contributed by atoms with Crippen molar-refractivity contribution < 1.29 is 14.3 Å². The number of phenolic OH excluding ortho intramolecular Hbond substituents is 1. The van der Waals surface area contributed by atoms with E-state index in [1.54, 1.807) is 13.2 Å². The molecule has 0 saturated heterocycles. The van der Waals surface area contributed by atoms with Crippen molar-refractivity contribution in [3.05, 3.63) is 47.4 Å². The predicted molar refractivity (Wildman–Crippen MR) is 78.1 cm³/mol. The van der Waals surface area contributed by atoms with Crippen LogP contribution in [0.2, 0.25) is 0 Å². The lowest BCUT2D eigenvalue weighted by atomic mass is 10.1. The van der Waals surface area contributed by atoms with Gasteiger partial charge in [-0.05, 0) is 50.6 Å². The maximum atomic E-state index is 9.62. The SMILES string of the molecule is COc1cc(C(C)NC(C)c2ccc(C)o2)ccc1O. The molecule has 2 aromatic rings. The number of aromatic hydroxyl groups is 1. The minimum atomic E-state index is 0.110. The zero-order valence-corrected chi connectivity index (χ0v) is 12.3. The van der Waals surface area contributed by atoms with E-state index < -0.39 is 0 Å². The minimum Gasteiger partial charge on any atom is -0.504 e. The number of phenols is 1. The maximum Gasteiger partial charge on any atom is 0.160 e. The van der Waals surface area contributed by atoms with Gasteiger partial charge in [0.2, 0.25) is 0 Å². The molecular weight excluding hydrogens is 254 g/mol. The summed E-state index contributed by atoms with van der Waals surface area (Å²) in [6, 6.07) is 9.54. The number of furan rings is 1. The number of hydrogen-bond acceptors (Lipinski definition) is 4. The van der Waals surface area contributed by atoms with Crippen LogP contribution in [-0.2, 0) is 0 Å². The fourth-order valence-electron chi connectivity index (χ4n) is 2.20. The molecule has 2 atom stereocenters. The summed E-state index contributed by atoms with van der Waals surface area (Å²) >= 11 is 0. The van der Waals surface area contributed by atoms with E-state index in [2.05, 4.69) is 19.2 Å². The van der Waals surface area contributed by atoms with Gasteiger partial charge in [-0.15, -0.1) is 0 Å². The molecule has 0 amide bonds. The van der Waals surface area contributed by atoms with Gasteiger partial charge < -0.3 is 19.6 Å². The van der Waals surface area contributed by atoms with Crippen LogP contribution >= 0.6 is 0 Å². The van der Waals surface area contributed by atoms with E-state index in [1.165, 1.54) is 0 Å². The van der Waals surface area contributed by atoms with Crippen molar-refractivity contribution in [1.82, 2.24) is 5.32 Å². The molecule has 0 aliphatic rings. The molecule has 2 rings (SSSR count). The Labute approximate surface area is 119 Å². The van der Waals surface area contributed by atoms with Gasteiger partial charge in [0.15, 0.2) is 11.5 Å². The third kappa shape index (κ3) is 3.14. The molecule has 1 aromatic heterocycles. The van der Waals surface area contributed by atoms with Crippen LogP contribution in [0.3, 0.4) is 0 Å². The molecule has 0 aliphatic heterocycles. The van der Waals surface area contributed by atoms with E-state index in [0.29, 0.717) is 5.75 Å². The van der Waals surface area contributed by atoms with Crippen molar-refractivity contribution >= 4 is 0 Å². The van der Waals surface area contributed by atoms with E-state index >= 15 is 0 Å². The van der Waals surface area contributed by atoms with Gasteiger partial charge in [0.1, 0.15) is 11.5 Å². The number of ether oxygens (including phenoxy) is 1. The van der Waals surface area contributed by atoms with Gasteiger partial charge in [0, 0.05) is 6.04 Å². The van der Waals surface area contributed by atoms with Gasteiger partial charge in [-0.25, -0.2) is 0 Å². The lowest BCUT2D eigenvalue weighted by Crippen LogP contribution is -2.22. The molecule has 0 fully saturated rings. The predicted octanol–water partition coefficient (Wildman–Crippen LogP) is 3.71. The largest absolute Gasteiger partial charge is 0.504 e. The number of nitrogens with one attached hydrogen (secondary N) is 1. The van der Waals surface area contributed by atoms with E-state index in [0.717, 1.165) is 17.1 Å². The highest BCUT2D eigenvalue weighted by molar-refractivity contribution is 5.42. The van der Waals surface area contributed by atoms with Crippen LogP contribution in [0, 0.1) is 6.92 Å². The average Bonchev–Trinajstić information content (AvgIpc) is 2.86. The summed E-state index contributed by atoms with van der Waals surface area (Å²) in [4.78, 5) is 0. The third-order valence-corrected chi connectivity index (χ3v) is 3.39. The van der Waals surface area contributed by atoms with Crippen LogP contribution in [0.5, 0.6) is 11.5 Å². The summed E-state index contributed by atoms with van der Waals surface area (Å²) in [5, 5.41) is 13.1. The van der Waals surface area contributed by atoms with E-state index in [1.807, 2.05) is 31.2 Å². The molecule has 0 radical (unpaired) electrons. The minimum absolute atomic E-state index is 0.110. The van der Waals surface area contributed by atoms with Gasteiger partial charge >= 0.3 is 0 Å². The fraction of sp³-hybridized carbons (Fsp3) is 0.375. The first-order chi connectivity index (χ1) is 9.51. The first kappa shape index (κ1) is 14.5. The normalized spacial score (nSPS) is 14.0. The van der Waals surface area contributed by atoms with Crippen LogP contribution in [0.25, 0.3) is 0 Å². The molecule has 0 bridgehead atoms. The number of aryl methyl sites for hydroxylation is 1. The Morgan fingerprint density at radius 3 is 2.50 bits per heavy atom. The molecule has 2 unspecified atom stereocenters. The molecule has 0 saturated carbocycles. The van der Waals surface area contributed by atoms with Gasteiger partial charge in [-0.3, -0.25) is 0 Å². The molecule has 4 heteroatoms. The second-order valence-electron chi connectivity index (χ2n) is 4.99. The van der Waals surface area contributed by atoms with Crippen molar-refractivity contribution in [2.24, 2.45) is 0 Å². The standard InChI is InChI=1S/C16H21NO3/c1-10-5-8-15(20-10)12(3)17-11(2)13-6-7-14(18)16(9-13)19-4/h5-9,11-12,17-18H,1-4H3. The van der Waals surface area contributed by atoms with Crippen LogP contribution in [0.4, 0.5) is 0 Å². The van der Waals surface area contributed by atoms with Crippen LogP contribution in [0.15, 0.2) is 34.7 Å². The van der Waals surface area contributed by atoms with E-state index in [4.69, 9.17) is 9.15 Å². The lowest BCUT2D eigenvalue weighted by Gasteiger charge is -2.19. The highest BCUT2D eigenvalue weighted by Gasteiger charge is 2.15. The smallest absolute Gasteiger partial charge is 0.160 e. The molecule has 1 aromatic carbocycles. The molecule has 0 aliphatic carbocycles. The molecule has 2 N–H and O–H groups in total. The molecule has 0 spiro atoms. The second kappa shape index (κ2) is 6.01. The van der Waals surface area contributed by atoms with E-state index in [9.17, 15) is 5.11 Å². The first-order valence-electron chi connectivity index (χ1n) is 6.70. The zero-order chi connectivity index (χ0) is 14.7. The lowest BCUT2D eigenvalue weighted by molar-refractivity contribution is 0.369. The average molecular weight is 275 g/mol. The van der Waals surface area contributed by atoms with Crippen molar-refractivity contribution in [3.8, 4) is 11.5 Å². The topological polar surface area (TPSA) is 54.6 Å². The number of hydrogen-bond donors (Lipinski definition) is 2. The Kier molecular flexibility index (Phi) is 4.35. The number of methoxy groups -OCH3 is 1. The van der Waals surface area contributed by atoms with Gasteiger partial charge in [-0.2, -0.15) is 0 Å². The highest BCUT2D eigenvalue weighted by Crippen LogP contribution is 2.29. The number of benzene rings is 1. The number of rotatable bonds is 5. The van der Waals surface area contributed by atoms with Crippen LogP contribution in [-0.4, -0.2) is 12.2 Å². The monoisotopic (exact) mass is 275 g/mol. The van der Waals surface area contributed by atoms with Crippen molar-refractivity contribution in [3.63, 3.8) is 0 Å². The molecular formula is C16H21NO3.